The summed E-state index contributed by atoms with van der Waals surface area (Å²) in [6.45, 7) is 2.97. The van der Waals surface area contributed by atoms with Crippen LogP contribution >= 0.6 is 11.8 Å². The maximum absolute atomic E-state index is 13.4. The lowest BCUT2D eigenvalue weighted by molar-refractivity contribution is -0.343. The molecule has 0 aliphatic rings. The van der Waals surface area contributed by atoms with E-state index in [0.717, 1.165) is 27.5 Å². The predicted molar refractivity (Wildman–Crippen MR) is 154 cm³/mol. The molecule has 0 aliphatic carbocycles. The van der Waals surface area contributed by atoms with Gasteiger partial charge in [0, 0.05) is 51.0 Å². The van der Waals surface area contributed by atoms with Crippen molar-refractivity contribution in [2.75, 3.05) is 32.0 Å². The summed E-state index contributed by atoms with van der Waals surface area (Å²) in [5.41, 5.74) is 6.43. The first-order chi connectivity index (χ1) is 19.9. The lowest BCUT2D eigenvalue weighted by atomic mass is 10.0. The van der Waals surface area contributed by atoms with Crippen LogP contribution in [0.4, 0.5) is 18.9 Å². The molecular weight excluding hydrogens is 573 g/mol. The number of benzene rings is 2. The molecule has 1 heterocycles. The van der Waals surface area contributed by atoms with Gasteiger partial charge >= 0.3 is 6.18 Å². The number of halogens is 4. The fraction of sp³-hybridized carbons (Fsp3) is 0.379. The summed E-state index contributed by atoms with van der Waals surface area (Å²) in [5, 5.41) is 6.29. The Labute approximate surface area is 247 Å². The van der Waals surface area contributed by atoms with Gasteiger partial charge in [0.05, 0.1) is 5.56 Å². The van der Waals surface area contributed by atoms with Crippen molar-refractivity contribution >= 4 is 46.1 Å². The first kappa shape index (κ1) is 32.8. The Morgan fingerprint density at radius 2 is 1.76 bits per heavy atom. The van der Waals surface area contributed by atoms with Gasteiger partial charge in [-0.1, -0.05) is 24.3 Å². The van der Waals surface area contributed by atoms with E-state index in [1.165, 1.54) is 19.2 Å². The molecule has 9 nitrogen and oxygen atoms in total. The predicted octanol–water partition coefficient (Wildman–Crippen LogP) is 3.38. The first-order valence-electron chi connectivity index (χ1n) is 13.5. The Morgan fingerprint density at radius 1 is 1.07 bits per heavy atom. The van der Waals surface area contributed by atoms with Gasteiger partial charge in [0.15, 0.2) is 6.20 Å². The van der Waals surface area contributed by atoms with Crippen LogP contribution in [0, 0.1) is 0 Å². The molecule has 1 aromatic heterocycles. The number of hydrogen-bond acceptors (Lipinski definition) is 5. The van der Waals surface area contributed by atoms with E-state index in [-0.39, 0.29) is 25.2 Å². The minimum absolute atomic E-state index is 0.0195. The molecule has 226 valence electrons. The van der Waals surface area contributed by atoms with Crippen LogP contribution in [-0.2, 0) is 27.0 Å². The first-order valence-corrected chi connectivity index (χ1v) is 13.8. The number of aromatic nitrogens is 1. The van der Waals surface area contributed by atoms with E-state index in [2.05, 4.69) is 15.6 Å². The minimum Gasteiger partial charge on any atom is -0.343 e. The lowest BCUT2D eigenvalue weighted by Crippen LogP contribution is -2.51. The number of fused-ring (bicyclic) bond motifs is 1. The molecule has 3 aromatic rings. The molecule has 3 rings (SSSR count). The number of nitrogens with one attached hydrogen (secondary N) is 3. The number of likely N-dealkylation sites (N-methyl/N-ethyl adjacent to an activating group) is 2. The fourth-order valence-electron chi connectivity index (χ4n) is 4.47. The number of anilines is 1. The number of nitrogens with two attached hydrogens (primary N) is 1. The van der Waals surface area contributed by atoms with Crippen molar-refractivity contribution in [1.29, 1.82) is 0 Å². The highest BCUT2D eigenvalue weighted by Gasteiger charge is 2.31. The van der Waals surface area contributed by atoms with Crippen molar-refractivity contribution in [1.82, 2.24) is 14.6 Å². The van der Waals surface area contributed by atoms with Gasteiger partial charge in [-0.15, -0.1) is 0 Å². The van der Waals surface area contributed by atoms with Gasteiger partial charge in [0.2, 0.25) is 23.2 Å². The van der Waals surface area contributed by atoms with E-state index in [1.807, 2.05) is 31.2 Å². The molecule has 5 N–H and O–H groups in total. The molecule has 0 saturated carbocycles. The highest BCUT2D eigenvalue weighted by molar-refractivity contribution is 6.15. The molecule has 0 spiro atoms. The molecule has 3 amide bonds. The molecule has 13 heteroatoms. The van der Waals surface area contributed by atoms with Crippen molar-refractivity contribution < 1.29 is 32.5 Å². The minimum atomic E-state index is -4.51. The molecule has 42 heavy (non-hydrogen) atoms. The summed E-state index contributed by atoms with van der Waals surface area (Å²) >= 11 is 6.18. The molecule has 0 unspecified atom stereocenters. The third kappa shape index (κ3) is 9.13. The van der Waals surface area contributed by atoms with Crippen molar-refractivity contribution in [3.8, 4) is 0 Å². The molecule has 0 aliphatic heterocycles. The fourth-order valence-corrected chi connectivity index (χ4v) is 4.65. The third-order valence-corrected chi connectivity index (χ3v) is 7.01. The number of alkyl halides is 3. The largest absolute Gasteiger partial charge is 0.416 e. The normalized spacial score (nSPS) is 13.0. The van der Waals surface area contributed by atoms with Crippen LogP contribution in [0.5, 0.6) is 0 Å². The molecular formula is C29H35ClF3N6O3+. The van der Waals surface area contributed by atoms with Gasteiger partial charge in [0.25, 0.3) is 0 Å². The van der Waals surface area contributed by atoms with Crippen molar-refractivity contribution in [2.45, 2.75) is 44.4 Å². The second-order valence-corrected chi connectivity index (χ2v) is 10.3. The van der Waals surface area contributed by atoms with Crippen molar-refractivity contribution in [3.05, 3.63) is 71.9 Å². The Balaban J connectivity index is 1.81. The van der Waals surface area contributed by atoms with E-state index in [1.54, 1.807) is 17.2 Å². The number of amides is 3. The zero-order valence-corrected chi connectivity index (χ0v) is 24.1. The third-order valence-electron chi connectivity index (χ3n) is 6.77. The van der Waals surface area contributed by atoms with Crippen LogP contribution in [0.25, 0.3) is 10.9 Å². The zero-order valence-electron chi connectivity index (χ0n) is 23.4. The highest BCUT2D eigenvalue weighted by Crippen LogP contribution is 2.29. The van der Waals surface area contributed by atoms with Crippen LogP contribution < -0.4 is 21.4 Å². The number of rotatable bonds is 13. The second kappa shape index (κ2) is 14.9. The maximum Gasteiger partial charge on any atom is 0.416 e. The summed E-state index contributed by atoms with van der Waals surface area (Å²) in [5.74, 6) is -1.38. The average Bonchev–Trinajstić information content (AvgIpc) is 2.95. The van der Waals surface area contributed by atoms with Crippen LogP contribution in [0.1, 0.15) is 30.9 Å². The van der Waals surface area contributed by atoms with E-state index >= 15 is 0 Å². The monoisotopic (exact) mass is 607 g/mol. The molecule has 0 bridgehead atoms. The van der Waals surface area contributed by atoms with Gasteiger partial charge < -0.3 is 21.3 Å². The number of carbonyl (C=O) groups is 3. The number of nitrogens with zero attached hydrogens (tertiary/aromatic N) is 2. The number of para-hydroxylation sites is 1. The number of carbonyl (C=O) groups excluding carboxylic acids is 3. The maximum atomic E-state index is 13.4. The van der Waals surface area contributed by atoms with E-state index in [9.17, 15) is 27.6 Å². The quantitative estimate of drug-likeness (QED) is 0.257. The van der Waals surface area contributed by atoms with E-state index in [0.29, 0.717) is 30.9 Å². The Morgan fingerprint density at radius 3 is 2.38 bits per heavy atom. The summed E-state index contributed by atoms with van der Waals surface area (Å²) < 4.78 is 40.3. The summed E-state index contributed by atoms with van der Waals surface area (Å²) in [6.07, 6.45) is -2.92. The van der Waals surface area contributed by atoms with Crippen LogP contribution in [0.15, 0.2) is 60.8 Å². The lowest BCUT2D eigenvalue weighted by Gasteiger charge is -2.26. The summed E-state index contributed by atoms with van der Waals surface area (Å²) in [4.78, 5) is 44.1. The van der Waals surface area contributed by atoms with Crippen molar-refractivity contribution in [2.24, 2.45) is 5.73 Å². The summed E-state index contributed by atoms with van der Waals surface area (Å²) in [7, 11) is 1.46. The number of hydrogen-bond donors (Lipinski definition) is 3. The van der Waals surface area contributed by atoms with Gasteiger partial charge in [0.1, 0.15) is 17.8 Å². The second-order valence-electron chi connectivity index (χ2n) is 9.77. The molecule has 2 aromatic carbocycles. The van der Waals surface area contributed by atoms with E-state index in [4.69, 9.17) is 17.5 Å². The highest BCUT2D eigenvalue weighted by atomic mass is 35.5. The molecule has 2 atom stereocenters. The van der Waals surface area contributed by atoms with E-state index < -0.39 is 35.6 Å². The Hall–Kier alpha value is -3.74. The van der Waals surface area contributed by atoms with Gasteiger partial charge in [-0.3, -0.25) is 14.4 Å². The van der Waals surface area contributed by atoms with Gasteiger partial charge in [-0.25, -0.2) is 9.40 Å². The van der Waals surface area contributed by atoms with Gasteiger partial charge in [-0.05, 0) is 55.0 Å². The number of H-pyrrole nitrogens is 1. The molecule has 0 fully saturated rings. The smallest absolute Gasteiger partial charge is 0.343 e. The molecule has 0 saturated heterocycles. The van der Waals surface area contributed by atoms with Gasteiger partial charge in [-0.2, -0.15) is 13.2 Å². The van der Waals surface area contributed by atoms with Crippen LogP contribution in [0.3, 0.4) is 0 Å². The average molecular weight is 608 g/mol. The number of pyridine rings is 1. The molecule has 0 radical (unpaired) electrons. The number of aromatic amines is 1. The van der Waals surface area contributed by atoms with Crippen LogP contribution in [-0.4, -0.2) is 65.8 Å². The Bertz CT molecular complexity index is 1370. The topological polar surface area (TPSA) is 122 Å². The zero-order chi connectivity index (χ0) is 30.9. The van der Waals surface area contributed by atoms with Crippen molar-refractivity contribution in [3.63, 3.8) is 0 Å². The van der Waals surface area contributed by atoms with Crippen LogP contribution in [0.2, 0.25) is 0 Å². The Kier molecular flexibility index (Phi) is 11.7. The SMILES string of the molecule is CCN(CCN)C(=O)CC[C@@H](C(=O)N[C@H](Cc1ccc(C(F)(F)F)cc1)C(=O)Nc1c[nH+]c2ccccc2c1)N(C)Cl. The summed E-state index contributed by atoms with van der Waals surface area (Å²) in [6, 6.07) is 11.4. The standard InChI is InChI=1S/C29H34ClF3N6O3/c1-3-39(15-14-34)26(40)13-12-25(38(2)30)28(42)37-24(16-19-8-10-21(11-9-19)29(31,32)33)27(41)36-22-17-20-6-4-5-7-23(20)35-18-22/h4-11,17-18,24-25H,3,12-16,34H2,1-2H3,(H,36,41)(H,37,42)/p+1/t24-,25+/m1/s1.